The van der Waals surface area contributed by atoms with Gasteiger partial charge in [0.15, 0.2) is 0 Å². The lowest BCUT2D eigenvalue weighted by molar-refractivity contribution is 0.251. The summed E-state index contributed by atoms with van der Waals surface area (Å²) < 4.78 is 0. The molecule has 1 aromatic heterocycles. The van der Waals surface area contributed by atoms with Gasteiger partial charge in [0, 0.05) is 29.4 Å². The van der Waals surface area contributed by atoms with Gasteiger partial charge >= 0.3 is 0 Å². The smallest absolute Gasteiger partial charge is 0.223 e. The van der Waals surface area contributed by atoms with Crippen LogP contribution >= 0.6 is 11.6 Å². The van der Waals surface area contributed by atoms with Gasteiger partial charge in [-0.15, -0.1) is 0 Å². The zero-order valence-corrected chi connectivity index (χ0v) is 15.3. The van der Waals surface area contributed by atoms with Crippen molar-refractivity contribution >= 4 is 34.7 Å². The van der Waals surface area contributed by atoms with E-state index in [0.717, 1.165) is 22.5 Å². The molecule has 3 atom stereocenters. The number of fused-ring (bicyclic) bond motifs is 1. The highest BCUT2D eigenvalue weighted by molar-refractivity contribution is 6.32. The van der Waals surface area contributed by atoms with Gasteiger partial charge < -0.3 is 5.32 Å². The van der Waals surface area contributed by atoms with Crippen LogP contribution < -0.4 is 5.32 Å². The fourth-order valence-corrected chi connectivity index (χ4v) is 4.46. The van der Waals surface area contributed by atoms with E-state index >= 15 is 0 Å². The Hall–Kier alpha value is -1.88. The molecule has 2 aliphatic carbocycles. The molecular formula is C19H22ClN5. The average Bonchev–Trinajstić information content (AvgIpc) is 3.51. The first kappa shape index (κ1) is 15.4. The minimum atomic E-state index is 0.127. The second kappa shape index (κ2) is 5.31. The quantitative estimate of drug-likeness (QED) is 0.899. The molecule has 5 nitrogen and oxygen atoms in total. The van der Waals surface area contributed by atoms with Crippen LogP contribution in [0, 0.1) is 5.41 Å². The number of hydrogen-bond donors (Lipinski definition) is 1. The predicted molar refractivity (Wildman–Crippen MR) is 101 cm³/mol. The molecule has 1 aromatic carbocycles. The molecule has 1 aliphatic heterocycles. The second-order valence-electron chi connectivity index (χ2n) is 7.68. The van der Waals surface area contributed by atoms with Gasteiger partial charge in [0.05, 0.1) is 17.6 Å². The molecule has 0 amide bonds. The Balaban J connectivity index is 1.43. The largest absolute Gasteiger partial charge is 0.344 e. The van der Waals surface area contributed by atoms with Gasteiger partial charge in [0.2, 0.25) is 5.95 Å². The molecule has 3 unspecified atom stereocenters. The number of halogens is 1. The highest BCUT2D eigenvalue weighted by Crippen LogP contribution is 2.75. The number of anilines is 1. The number of hydrogen-bond acceptors (Lipinski definition) is 5. The summed E-state index contributed by atoms with van der Waals surface area (Å²) in [6.45, 7) is 5.17. The van der Waals surface area contributed by atoms with Crippen LogP contribution in [0.4, 0.5) is 5.95 Å². The highest BCUT2D eigenvalue weighted by atomic mass is 35.5. The minimum absolute atomic E-state index is 0.127. The Morgan fingerprint density at radius 1 is 1.36 bits per heavy atom. The molecule has 2 fully saturated rings. The Kier molecular flexibility index (Phi) is 3.26. The van der Waals surface area contributed by atoms with Gasteiger partial charge in [0.1, 0.15) is 0 Å². The number of nitrogens with one attached hydrogen (secondary N) is 1. The van der Waals surface area contributed by atoms with E-state index in [1.165, 1.54) is 24.8 Å². The standard InChI is InChI=1S/C19H22ClN5/c1-3-25-11(2)17(10-22-25)24-18-21-9-12-6-15(20)13(7-16(12)23-18)14-8-19(14)4-5-19/h6-7,9-11,14,17H,3-5,8H2,1-2H3,(H,21,23,24). The number of nitrogens with zero attached hydrogens (tertiary/aromatic N) is 4. The van der Waals surface area contributed by atoms with Gasteiger partial charge in [-0.05, 0) is 62.1 Å². The van der Waals surface area contributed by atoms with E-state index in [1.807, 2.05) is 18.5 Å². The van der Waals surface area contributed by atoms with E-state index < -0.39 is 0 Å². The predicted octanol–water partition coefficient (Wildman–Crippen LogP) is 4.04. The van der Waals surface area contributed by atoms with Crippen molar-refractivity contribution in [1.82, 2.24) is 15.0 Å². The third-order valence-corrected chi connectivity index (χ3v) is 6.47. The van der Waals surface area contributed by atoms with Crippen LogP contribution in [-0.4, -0.2) is 39.8 Å². The molecule has 0 saturated heterocycles. The Morgan fingerprint density at radius 2 is 2.20 bits per heavy atom. The lowest BCUT2D eigenvalue weighted by Gasteiger charge is -2.23. The van der Waals surface area contributed by atoms with E-state index in [0.29, 0.717) is 23.3 Å². The van der Waals surface area contributed by atoms with Crippen LogP contribution in [0.5, 0.6) is 0 Å². The molecule has 6 heteroatoms. The van der Waals surface area contributed by atoms with Gasteiger partial charge in [-0.25, -0.2) is 9.97 Å². The van der Waals surface area contributed by atoms with Crippen molar-refractivity contribution in [1.29, 1.82) is 0 Å². The van der Waals surface area contributed by atoms with Crippen LogP contribution in [0.25, 0.3) is 10.9 Å². The summed E-state index contributed by atoms with van der Waals surface area (Å²) in [4.78, 5) is 9.21. The summed E-state index contributed by atoms with van der Waals surface area (Å²) in [5, 5.41) is 11.8. The zero-order valence-electron chi connectivity index (χ0n) is 14.5. The van der Waals surface area contributed by atoms with E-state index in [2.05, 4.69) is 40.3 Å². The molecule has 1 N–H and O–H groups in total. The summed E-state index contributed by atoms with van der Waals surface area (Å²) >= 11 is 6.53. The fourth-order valence-electron chi connectivity index (χ4n) is 4.15. The number of hydrazone groups is 1. The molecular weight excluding hydrogens is 334 g/mol. The molecule has 0 radical (unpaired) electrons. The van der Waals surface area contributed by atoms with Crippen LogP contribution in [0.2, 0.25) is 5.02 Å². The van der Waals surface area contributed by atoms with Crippen molar-refractivity contribution in [3.63, 3.8) is 0 Å². The van der Waals surface area contributed by atoms with Crippen molar-refractivity contribution in [3.8, 4) is 0 Å². The molecule has 2 heterocycles. The fraction of sp³-hybridized carbons (Fsp3) is 0.526. The molecule has 3 aliphatic rings. The maximum absolute atomic E-state index is 6.53. The van der Waals surface area contributed by atoms with Gasteiger partial charge in [0.25, 0.3) is 0 Å². The van der Waals surface area contributed by atoms with Crippen molar-refractivity contribution in [3.05, 3.63) is 28.9 Å². The highest BCUT2D eigenvalue weighted by Gasteiger charge is 2.63. The summed E-state index contributed by atoms with van der Waals surface area (Å²) in [5.41, 5.74) is 2.82. The maximum Gasteiger partial charge on any atom is 0.223 e. The maximum atomic E-state index is 6.53. The van der Waals surface area contributed by atoms with E-state index in [1.54, 1.807) is 0 Å². The van der Waals surface area contributed by atoms with Gasteiger partial charge in [-0.2, -0.15) is 5.10 Å². The van der Waals surface area contributed by atoms with E-state index in [9.17, 15) is 0 Å². The molecule has 1 spiro atoms. The number of rotatable bonds is 4. The molecule has 0 bridgehead atoms. The Bertz CT molecular complexity index is 875. The first-order valence-corrected chi connectivity index (χ1v) is 9.51. The SMILES string of the molecule is CCN1N=CC(Nc2ncc3cc(Cl)c(C4CC45CC5)cc3n2)C1C. The molecule has 25 heavy (non-hydrogen) atoms. The Morgan fingerprint density at radius 3 is 2.88 bits per heavy atom. The van der Waals surface area contributed by atoms with Gasteiger partial charge in [-0.1, -0.05) is 11.6 Å². The third kappa shape index (κ3) is 2.48. The summed E-state index contributed by atoms with van der Waals surface area (Å²) in [5.74, 6) is 1.29. The van der Waals surface area contributed by atoms with E-state index in [-0.39, 0.29) is 6.04 Å². The third-order valence-electron chi connectivity index (χ3n) is 6.14. The molecule has 130 valence electrons. The minimum Gasteiger partial charge on any atom is -0.344 e. The van der Waals surface area contributed by atoms with Crippen LogP contribution in [-0.2, 0) is 0 Å². The lowest BCUT2D eigenvalue weighted by Crippen LogP contribution is -2.37. The van der Waals surface area contributed by atoms with Crippen LogP contribution in [0.15, 0.2) is 23.4 Å². The average molecular weight is 356 g/mol. The van der Waals surface area contributed by atoms with Crippen molar-refractivity contribution in [2.75, 3.05) is 11.9 Å². The van der Waals surface area contributed by atoms with Gasteiger partial charge in [-0.3, -0.25) is 5.01 Å². The van der Waals surface area contributed by atoms with Crippen molar-refractivity contribution in [2.45, 2.75) is 51.1 Å². The molecule has 5 rings (SSSR count). The van der Waals surface area contributed by atoms with Crippen LogP contribution in [0.3, 0.4) is 0 Å². The first-order valence-electron chi connectivity index (χ1n) is 9.13. The Labute approximate surface area is 152 Å². The summed E-state index contributed by atoms with van der Waals surface area (Å²) in [7, 11) is 0. The zero-order chi connectivity index (χ0) is 17.2. The lowest BCUT2D eigenvalue weighted by atomic mass is 10.1. The summed E-state index contributed by atoms with van der Waals surface area (Å²) in [6.07, 6.45) is 7.80. The molecule has 2 aromatic rings. The van der Waals surface area contributed by atoms with Crippen molar-refractivity contribution in [2.24, 2.45) is 10.5 Å². The topological polar surface area (TPSA) is 53.4 Å². The summed E-state index contributed by atoms with van der Waals surface area (Å²) in [6, 6.07) is 4.61. The van der Waals surface area contributed by atoms with Crippen molar-refractivity contribution < 1.29 is 0 Å². The van der Waals surface area contributed by atoms with E-state index in [4.69, 9.17) is 16.6 Å². The monoisotopic (exact) mass is 355 g/mol. The first-order chi connectivity index (χ1) is 12.1. The number of likely N-dealkylation sites (N-methyl/N-ethyl adjacent to an activating group) is 1. The normalized spacial score (nSPS) is 28.8. The van der Waals surface area contributed by atoms with Crippen LogP contribution in [0.1, 0.15) is 44.6 Å². The number of aromatic nitrogens is 2. The number of benzene rings is 1. The second-order valence-corrected chi connectivity index (χ2v) is 8.08. The molecule has 2 saturated carbocycles.